The van der Waals surface area contributed by atoms with Crippen LogP contribution in [-0.2, 0) is 9.59 Å². The molecule has 1 amide bonds. The van der Waals surface area contributed by atoms with Gasteiger partial charge in [0, 0.05) is 11.6 Å². The van der Waals surface area contributed by atoms with Crippen molar-refractivity contribution in [1.29, 1.82) is 0 Å². The molecule has 5 nitrogen and oxygen atoms in total. The minimum absolute atomic E-state index is 0.0187. The molecule has 0 bridgehead atoms. The summed E-state index contributed by atoms with van der Waals surface area (Å²) >= 11 is 0. The summed E-state index contributed by atoms with van der Waals surface area (Å²) in [6.45, 7) is 5.99. The summed E-state index contributed by atoms with van der Waals surface area (Å²) in [4.78, 5) is 28.2. The maximum Gasteiger partial charge on any atom is 0.295 e. The van der Waals surface area contributed by atoms with Crippen LogP contribution in [0.3, 0.4) is 0 Å². The number of likely N-dealkylation sites (tertiary alicyclic amines) is 1. The van der Waals surface area contributed by atoms with E-state index in [4.69, 9.17) is 4.74 Å². The molecule has 1 aliphatic carbocycles. The van der Waals surface area contributed by atoms with E-state index in [1.807, 2.05) is 49.4 Å². The lowest BCUT2D eigenvalue weighted by atomic mass is 9.91. The summed E-state index contributed by atoms with van der Waals surface area (Å²) in [5.74, 6) is -0.310. The number of hydrogen-bond acceptors (Lipinski definition) is 4. The highest BCUT2D eigenvalue weighted by Crippen LogP contribution is 2.44. The SMILES string of the molecule is COc1cc(C)c(/C(O)=C2\C(=O)C(=O)N(C3CCCC3)C2c2ccccc2)cc1C(C)C. The van der Waals surface area contributed by atoms with E-state index in [2.05, 4.69) is 13.8 Å². The zero-order valence-corrected chi connectivity index (χ0v) is 19.2. The Hall–Kier alpha value is -3.08. The molecule has 0 aromatic heterocycles. The Kier molecular flexibility index (Phi) is 6.09. The Morgan fingerprint density at radius 3 is 2.34 bits per heavy atom. The minimum atomic E-state index is -0.607. The number of hydrogen-bond donors (Lipinski definition) is 1. The van der Waals surface area contributed by atoms with Crippen LogP contribution in [0, 0.1) is 6.92 Å². The molecule has 0 spiro atoms. The number of rotatable bonds is 5. The van der Waals surface area contributed by atoms with Crippen LogP contribution in [0.4, 0.5) is 0 Å². The first-order chi connectivity index (χ1) is 15.3. The van der Waals surface area contributed by atoms with E-state index >= 15 is 0 Å². The third kappa shape index (κ3) is 3.70. The number of carbonyl (C=O) groups excluding carboxylic acids is 2. The highest BCUT2D eigenvalue weighted by molar-refractivity contribution is 6.46. The van der Waals surface area contributed by atoms with Crippen LogP contribution >= 0.6 is 0 Å². The Labute approximate surface area is 189 Å². The number of aryl methyl sites for hydroxylation is 1. The van der Waals surface area contributed by atoms with Crippen LogP contribution in [0.15, 0.2) is 48.0 Å². The lowest BCUT2D eigenvalue weighted by Gasteiger charge is -2.30. The first kappa shape index (κ1) is 22.1. The molecule has 2 aromatic rings. The molecule has 1 unspecified atom stereocenters. The van der Waals surface area contributed by atoms with Crippen LogP contribution in [0.5, 0.6) is 5.75 Å². The average molecular weight is 434 g/mol. The summed E-state index contributed by atoms with van der Waals surface area (Å²) in [6.07, 6.45) is 3.86. The number of ether oxygens (including phenoxy) is 1. The molecule has 5 heteroatoms. The smallest absolute Gasteiger partial charge is 0.295 e. The van der Waals surface area contributed by atoms with E-state index in [1.165, 1.54) is 0 Å². The molecular formula is C27H31NO4. The topological polar surface area (TPSA) is 66.8 Å². The van der Waals surface area contributed by atoms with Gasteiger partial charge in [0.2, 0.25) is 0 Å². The second-order valence-corrected chi connectivity index (χ2v) is 9.12. The van der Waals surface area contributed by atoms with E-state index < -0.39 is 17.7 Å². The maximum absolute atomic E-state index is 13.3. The predicted octanol–water partition coefficient (Wildman–Crippen LogP) is 5.49. The first-order valence-electron chi connectivity index (χ1n) is 11.4. The molecule has 0 radical (unpaired) electrons. The van der Waals surface area contributed by atoms with Gasteiger partial charge in [0.25, 0.3) is 11.7 Å². The molecule has 1 saturated carbocycles. The first-order valence-corrected chi connectivity index (χ1v) is 11.4. The Morgan fingerprint density at radius 1 is 1.09 bits per heavy atom. The molecule has 1 aliphatic heterocycles. The number of aliphatic hydroxyl groups excluding tert-OH is 1. The highest BCUT2D eigenvalue weighted by atomic mass is 16.5. The van der Waals surface area contributed by atoms with Crippen molar-refractivity contribution in [2.24, 2.45) is 0 Å². The van der Waals surface area contributed by atoms with Crippen LogP contribution in [0.25, 0.3) is 5.76 Å². The maximum atomic E-state index is 13.3. The van der Waals surface area contributed by atoms with Gasteiger partial charge in [-0.2, -0.15) is 0 Å². The fourth-order valence-electron chi connectivity index (χ4n) is 5.10. The Morgan fingerprint density at radius 2 is 1.75 bits per heavy atom. The van der Waals surface area contributed by atoms with Crippen molar-refractivity contribution in [2.75, 3.05) is 7.11 Å². The molecule has 1 atom stereocenters. The molecule has 2 fully saturated rings. The van der Waals surface area contributed by atoms with E-state index in [1.54, 1.807) is 12.0 Å². The van der Waals surface area contributed by atoms with Crippen molar-refractivity contribution in [3.8, 4) is 5.75 Å². The van der Waals surface area contributed by atoms with E-state index in [-0.39, 0.29) is 23.3 Å². The van der Waals surface area contributed by atoms with Crippen molar-refractivity contribution in [3.63, 3.8) is 0 Å². The fourth-order valence-corrected chi connectivity index (χ4v) is 5.10. The monoisotopic (exact) mass is 433 g/mol. The quantitative estimate of drug-likeness (QED) is 0.385. The van der Waals surface area contributed by atoms with Crippen LogP contribution in [-0.4, -0.2) is 34.8 Å². The van der Waals surface area contributed by atoms with Crippen molar-refractivity contribution in [2.45, 2.75) is 64.5 Å². The molecule has 2 aliphatic rings. The Balaban J connectivity index is 1.92. The van der Waals surface area contributed by atoms with Gasteiger partial charge in [0.15, 0.2) is 0 Å². The summed E-state index contributed by atoms with van der Waals surface area (Å²) in [7, 11) is 1.63. The van der Waals surface area contributed by atoms with Crippen molar-refractivity contribution >= 4 is 17.4 Å². The fraction of sp³-hybridized carbons (Fsp3) is 0.407. The van der Waals surface area contributed by atoms with E-state index in [9.17, 15) is 14.7 Å². The molecule has 1 N–H and O–H groups in total. The number of methoxy groups -OCH3 is 1. The number of aliphatic hydroxyl groups is 1. The molecule has 32 heavy (non-hydrogen) atoms. The summed E-state index contributed by atoms with van der Waals surface area (Å²) in [5, 5.41) is 11.5. The Bertz CT molecular complexity index is 1060. The molecule has 1 saturated heterocycles. The summed E-state index contributed by atoms with van der Waals surface area (Å²) in [5.41, 5.74) is 3.33. The lowest BCUT2D eigenvalue weighted by Crippen LogP contribution is -2.37. The van der Waals surface area contributed by atoms with E-state index in [0.717, 1.165) is 48.1 Å². The van der Waals surface area contributed by atoms with Gasteiger partial charge in [-0.05, 0) is 54.5 Å². The molecule has 168 valence electrons. The van der Waals surface area contributed by atoms with Gasteiger partial charge >= 0.3 is 0 Å². The normalized spacial score (nSPS) is 21.0. The zero-order valence-electron chi connectivity index (χ0n) is 19.2. The number of benzene rings is 2. The van der Waals surface area contributed by atoms with Crippen molar-refractivity contribution in [1.82, 2.24) is 4.90 Å². The van der Waals surface area contributed by atoms with Gasteiger partial charge in [-0.15, -0.1) is 0 Å². The predicted molar refractivity (Wildman–Crippen MR) is 125 cm³/mol. The van der Waals surface area contributed by atoms with Gasteiger partial charge in [-0.3, -0.25) is 9.59 Å². The van der Waals surface area contributed by atoms with Gasteiger partial charge < -0.3 is 14.7 Å². The number of Topliss-reactive ketones (excluding diaryl/α,β-unsaturated/α-hetero) is 1. The molecule has 4 rings (SSSR count). The van der Waals surface area contributed by atoms with Gasteiger partial charge in [0.1, 0.15) is 11.5 Å². The zero-order chi connectivity index (χ0) is 23.0. The minimum Gasteiger partial charge on any atom is -0.507 e. The second kappa shape index (κ2) is 8.81. The number of carbonyl (C=O) groups is 2. The average Bonchev–Trinajstić information content (AvgIpc) is 3.40. The number of amides is 1. The third-order valence-electron chi connectivity index (χ3n) is 6.77. The third-order valence-corrected chi connectivity index (χ3v) is 6.77. The van der Waals surface area contributed by atoms with Crippen molar-refractivity contribution in [3.05, 3.63) is 70.3 Å². The summed E-state index contributed by atoms with van der Waals surface area (Å²) in [6, 6.07) is 12.8. The molecular weight excluding hydrogens is 402 g/mol. The number of ketones is 1. The van der Waals surface area contributed by atoms with E-state index in [0.29, 0.717) is 5.56 Å². The second-order valence-electron chi connectivity index (χ2n) is 9.12. The summed E-state index contributed by atoms with van der Waals surface area (Å²) < 4.78 is 5.53. The molecule has 2 aromatic carbocycles. The van der Waals surface area contributed by atoms with Gasteiger partial charge in [-0.1, -0.05) is 57.0 Å². The van der Waals surface area contributed by atoms with Crippen LogP contribution in [0.2, 0.25) is 0 Å². The van der Waals surface area contributed by atoms with Gasteiger partial charge in [-0.25, -0.2) is 0 Å². The standard InChI is InChI=1S/C27H31NO4/c1-16(2)20-15-21(17(3)14-22(20)32-4)25(29)23-24(18-10-6-5-7-11-18)28(27(31)26(23)30)19-12-8-9-13-19/h5-7,10-11,14-16,19,24,29H,8-9,12-13H2,1-4H3/b25-23+. The highest BCUT2D eigenvalue weighted by Gasteiger charge is 2.49. The van der Waals surface area contributed by atoms with Crippen molar-refractivity contribution < 1.29 is 19.4 Å². The van der Waals surface area contributed by atoms with Gasteiger partial charge in [0.05, 0.1) is 18.7 Å². The number of nitrogens with zero attached hydrogens (tertiary/aromatic N) is 1. The largest absolute Gasteiger partial charge is 0.507 e. The lowest BCUT2D eigenvalue weighted by molar-refractivity contribution is -0.141. The van der Waals surface area contributed by atoms with Crippen LogP contribution < -0.4 is 4.74 Å². The van der Waals surface area contributed by atoms with Crippen LogP contribution in [0.1, 0.15) is 73.7 Å². The molecule has 1 heterocycles.